The van der Waals surface area contributed by atoms with E-state index in [9.17, 15) is 14.4 Å². The van der Waals surface area contributed by atoms with Crippen molar-refractivity contribution in [2.24, 2.45) is 10.9 Å². The first kappa shape index (κ1) is 23.7. The Kier molecular flexibility index (Phi) is 5.83. The van der Waals surface area contributed by atoms with E-state index in [1.54, 1.807) is 17.0 Å². The lowest BCUT2D eigenvalue weighted by Crippen LogP contribution is -2.30. The summed E-state index contributed by atoms with van der Waals surface area (Å²) in [6.45, 7) is 8.32. The number of benzene rings is 2. The summed E-state index contributed by atoms with van der Waals surface area (Å²) in [4.78, 5) is 48.7. The Bertz CT molecular complexity index is 1470. The number of nitrogens with zero attached hydrogens (tertiary/aromatic N) is 3. The monoisotopic (exact) mass is 503 g/mol. The molecule has 5 rings (SSSR count). The fourth-order valence-corrected chi connectivity index (χ4v) is 5.39. The van der Waals surface area contributed by atoms with Gasteiger partial charge in [-0.25, -0.2) is 4.98 Å². The van der Waals surface area contributed by atoms with E-state index in [4.69, 9.17) is 15.6 Å². The van der Waals surface area contributed by atoms with Crippen LogP contribution in [0.2, 0.25) is 0 Å². The molecular formula is C26H25N5O4S. The Labute approximate surface area is 211 Å². The maximum atomic E-state index is 12.9. The van der Waals surface area contributed by atoms with Gasteiger partial charge >= 0.3 is 0 Å². The topological polar surface area (TPSA) is 127 Å². The minimum absolute atomic E-state index is 0.0800. The van der Waals surface area contributed by atoms with Gasteiger partial charge in [0.2, 0.25) is 5.91 Å². The predicted molar refractivity (Wildman–Crippen MR) is 138 cm³/mol. The molecule has 0 unspecified atom stereocenters. The zero-order valence-electron chi connectivity index (χ0n) is 20.0. The second kappa shape index (κ2) is 8.87. The number of carbonyl (C=O) groups excluding carboxylic acids is 3. The van der Waals surface area contributed by atoms with Crippen molar-refractivity contribution in [3.05, 3.63) is 65.2 Å². The van der Waals surface area contributed by atoms with Crippen LogP contribution in [-0.4, -0.2) is 52.0 Å². The van der Waals surface area contributed by atoms with Gasteiger partial charge in [0.15, 0.2) is 0 Å². The number of primary amides is 1. The molecule has 10 heteroatoms. The van der Waals surface area contributed by atoms with Crippen molar-refractivity contribution in [3.8, 4) is 10.6 Å². The van der Waals surface area contributed by atoms with Crippen LogP contribution in [0.5, 0.6) is 0 Å². The van der Waals surface area contributed by atoms with E-state index in [1.807, 2.05) is 38.1 Å². The third-order valence-electron chi connectivity index (χ3n) is 6.16. The average Bonchev–Trinajstić information content (AvgIpc) is 3.51. The predicted octanol–water partition coefficient (Wildman–Crippen LogP) is 3.25. The molecule has 0 saturated heterocycles. The number of nitrogens with two attached hydrogens (primary N) is 1. The van der Waals surface area contributed by atoms with Gasteiger partial charge in [-0.2, -0.15) is 0 Å². The highest BCUT2D eigenvalue weighted by Crippen LogP contribution is 2.37. The molecule has 36 heavy (non-hydrogen) atoms. The standard InChI is InChI=1S/C26H25N5O4S/c1-14(22(27)32)12-31-13-19-17(5-4-6-18(19)25(31)34)24-29-20-8-7-15(9-21(20)36-24)23(33)28-11-16-10-26(2,3)35-30-16/h4-9H,1,10-13H2,2-3H3,(H2,27,32)(H,28,33). The van der Waals surface area contributed by atoms with Gasteiger partial charge < -0.3 is 20.8 Å². The number of nitrogens with one attached hydrogen (secondary N) is 1. The zero-order valence-corrected chi connectivity index (χ0v) is 20.8. The first-order chi connectivity index (χ1) is 17.1. The largest absolute Gasteiger partial charge is 0.389 e. The maximum Gasteiger partial charge on any atom is 0.254 e. The Morgan fingerprint density at radius 2 is 2.03 bits per heavy atom. The first-order valence-corrected chi connectivity index (χ1v) is 12.2. The van der Waals surface area contributed by atoms with Crippen LogP contribution in [0.4, 0.5) is 0 Å². The van der Waals surface area contributed by atoms with Crippen LogP contribution in [0.1, 0.15) is 46.5 Å². The molecule has 2 aliphatic rings. The molecule has 0 spiro atoms. The molecule has 184 valence electrons. The highest BCUT2D eigenvalue weighted by Gasteiger charge is 2.31. The maximum absolute atomic E-state index is 12.9. The van der Waals surface area contributed by atoms with Crippen LogP contribution in [0, 0.1) is 0 Å². The Hall–Kier alpha value is -4.05. The molecule has 3 N–H and O–H groups in total. The zero-order chi connectivity index (χ0) is 25.6. The lowest BCUT2D eigenvalue weighted by Gasteiger charge is -2.15. The van der Waals surface area contributed by atoms with Crippen LogP contribution >= 0.6 is 11.3 Å². The Morgan fingerprint density at radius 3 is 2.75 bits per heavy atom. The summed E-state index contributed by atoms with van der Waals surface area (Å²) in [6.07, 6.45) is 0.669. The number of oxime groups is 1. The SMILES string of the molecule is C=C(CN1Cc2c(cccc2-c2nc3ccc(C(=O)NCC4=NOC(C)(C)C4)cc3s2)C1=O)C(N)=O. The number of carbonyl (C=O) groups is 3. The molecule has 3 amide bonds. The molecule has 2 aliphatic heterocycles. The molecule has 0 saturated carbocycles. The van der Waals surface area contributed by atoms with Gasteiger partial charge in [-0.15, -0.1) is 11.3 Å². The molecule has 0 fully saturated rings. The summed E-state index contributed by atoms with van der Waals surface area (Å²) in [7, 11) is 0. The summed E-state index contributed by atoms with van der Waals surface area (Å²) in [5.74, 6) is -0.996. The van der Waals surface area contributed by atoms with Crippen molar-refractivity contribution < 1.29 is 19.2 Å². The van der Waals surface area contributed by atoms with E-state index >= 15 is 0 Å². The van der Waals surface area contributed by atoms with Crippen molar-refractivity contribution in [1.29, 1.82) is 0 Å². The minimum atomic E-state index is -0.626. The lowest BCUT2D eigenvalue weighted by molar-refractivity contribution is -0.114. The highest BCUT2D eigenvalue weighted by molar-refractivity contribution is 7.21. The minimum Gasteiger partial charge on any atom is -0.389 e. The Morgan fingerprint density at radius 1 is 1.25 bits per heavy atom. The molecule has 3 heterocycles. The van der Waals surface area contributed by atoms with Gasteiger partial charge in [0.05, 0.1) is 29.0 Å². The van der Waals surface area contributed by atoms with E-state index in [0.717, 1.165) is 32.1 Å². The quantitative estimate of drug-likeness (QED) is 0.479. The Balaban J connectivity index is 1.36. The van der Waals surface area contributed by atoms with E-state index in [-0.39, 0.29) is 29.5 Å². The van der Waals surface area contributed by atoms with Crippen LogP contribution in [0.3, 0.4) is 0 Å². The van der Waals surface area contributed by atoms with E-state index in [1.165, 1.54) is 11.3 Å². The van der Waals surface area contributed by atoms with Crippen LogP contribution in [0.15, 0.2) is 53.7 Å². The van der Waals surface area contributed by atoms with Crippen molar-refractivity contribution in [2.45, 2.75) is 32.4 Å². The molecule has 0 bridgehead atoms. The van der Waals surface area contributed by atoms with E-state index in [2.05, 4.69) is 17.1 Å². The number of rotatable bonds is 7. The van der Waals surface area contributed by atoms with Gasteiger partial charge in [0.1, 0.15) is 10.6 Å². The van der Waals surface area contributed by atoms with Crippen molar-refractivity contribution >= 4 is 45.0 Å². The van der Waals surface area contributed by atoms with Gasteiger partial charge in [-0.1, -0.05) is 23.9 Å². The third-order valence-corrected chi connectivity index (χ3v) is 7.21. The van der Waals surface area contributed by atoms with Gasteiger partial charge in [0.25, 0.3) is 11.8 Å². The fraction of sp³-hybridized carbons (Fsp3) is 0.269. The van der Waals surface area contributed by atoms with Crippen LogP contribution in [0.25, 0.3) is 20.8 Å². The number of fused-ring (bicyclic) bond motifs is 2. The molecular weight excluding hydrogens is 478 g/mol. The first-order valence-electron chi connectivity index (χ1n) is 11.4. The highest BCUT2D eigenvalue weighted by atomic mass is 32.1. The fourth-order valence-electron chi connectivity index (χ4n) is 4.33. The molecule has 0 atom stereocenters. The van der Waals surface area contributed by atoms with Crippen molar-refractivity contribution in [1.82, 2.24) is 15.2 Å². The number of thiazole rings is 1. The van der Waals surface area contributed by atoms with Crippen molar-refractivity contribution in [3.63, 3.8) is 0 Å². The number of aromatic nitrogens is 1. The molecule has 1 aromatic heterocycles. The summed E-state index contributed by atoms with van der Waals surface area (Å²) < 4.78 is 0.862. The van der Waals surface area contributed by atoms with Gasteiger partial charge in [-0.05, 0) is 43.7 Å². The number of hydrogen-bond donors (Lipinski definition) is 2. The van der Waals surface area contributed by atoms with E-state index in [0.29, 0.717) is 30.6 Å². The third kappa shape index (κ3) is 4.47. The van der Waals surface area contributed by atoms with E-state index < -0.39 is 5.91 Å². The smallest absolute Gasteiger partial charge is 0.254 e. The van der Waals surface area contributed by atoms with Gasteiger partial charge in [0, 0.05) is 35.2 Å². The summed E-state index contributed by atoms with van der Waals surface area (Å²) in [5.41, 5.74) is 9.51. The normalized spacial score (nSPS) is 16.0. The molecule has 0 aliphatic carbocycles. The molecule has 0 radical (unpaired) electrons. The summed E-state index contributed by atoms with van der Waals surface area (Å²) in [5, 5.41) is 7.70. The average molecular weight is 504 g/mol. The molecule has 2 aromatic carbocycles. The second-order valence-electron chi connectivity index (χ2n) is 9.53. The number of hydrogen-bond acceptors (Lipinski definition) is 7. The van der Waals surface area contributed by atoms with Crippen LogP contribution < -0.4 is 11.1 Å². The summed E-state index contributed by atoms with van der Waals surface area (Å²) in [6, 6.07) is 10.9. The van der Waals surface area contributed by atoms with Gasteiger partial charge in [-0.3, -0.25) is 14.4 Å². The van der Waals surface area contributed by atoms with Crippen molar-refractivity contribution in [2.75, 3.05) is 13.1 Å². The molecule has 9 nitrogen and oxygen atoms in total. The molecule has 3 aromatic rings. The lowest BCUT2D eigenvalue weighted by atomic mass is 10.0. The summed E-state index contributed by atoms with van der Waals surface area (Å²) >= 11 is 1.46. The second-order valence-corrected chi connectivity index (χ2v) is 10.6. The number of amides is 3. The van der Waals surface area contributed by atoms with Crippen LogP contribution in [-0.2, 0) is 16.2 Å².